The molecule has 0 saturated carbocycles. The quantitative estimate of drug-likeness (QED) is 0.827. The van der Waals surface area contributed by atoms with Crippen molar-refractivity contribution < 1.29 is 19.7 Å². The molecule has 19 heavy (non-hydrogen) atoms. The largest absolute Gasteiger partial charge is 0.481 e. The van der Waals surface area contributed by atoms with Crippen LogP contribution < -0.4 is 0 Å². The number of aliphatic hydroxyl groups is 1. The Hall–Kier alpha value is -1.43. The van der Waals surface area contributed by atoms with Crippen LogP contribution in [-0.4, -0.2) is 53.4 Å². The highest BCUT2D eigenvalue weighted by Crippen LogP contribution is 2.18. The van der Waals surface area contributed by atoms with Crippen molar-refractivity contribution in [3.8, 4) is 0 Å². The van der Waals surface area contributed by atoms with Gasteiger partial charge in [-0.05, 0) is 5.56 Å². The number of carboxylic acids is 1. The normalized spacial score (nSPS) is 22.1. The van der Waals surface area contributed by atoms with Crippen LogP contribution in [0.1, 0.15) is 18.1 Å². The Morgan fingerprint density at radius 1 is 1.42 bits per heavy atom. The highest BCUT2D eigenvalue weighted by molar-refractivity contribution is 5.67. The number of rotatable bonds is 5. The maximum Gasteiger partial charge on any atom is 0.305 e. The molecule has 1 fully saturated rings. The van der Waals surface area contributed by atoms with Gasteiger partial charge in [-0.3, -0.25) is 9.69 Å². The Kier molecular flexibility index (Phi) is 4.90. The number of β-amino-alcohol motifs (C(OH)–C–C–N with tert-alkyl or cyclic N) is 1. The minimum Gasteiger partial charge on any atom is -0.481 e. The maximum absolute atomic E-state index is 10.8. The molecule has 0 spiro atoms. The minimum atomic E-state index is -0.838. The van der Waals surface area contributed by atoms with Crippen molar-refractivity contribution in [1.82, 2.24) is 4.90 Å². The minimum absolute atomic E-state index is 0.0432. The summed E-state index contributed by atoms with van der Waals surface area (Å²) >= 11 is 0. The molecule has 2 unspecified atom stereocenters. The van der Waals surface area contributed by atoms with Crippen LogP contribution in [0.3, 0.4) is 0 Å². The molecule has 5 nitrogen and oxygen atoms in total. The van der Waals surface area contributed by atoms with Crippen molar-refractivity contribution >= 4 is 5.97 Å². The SMILES string of the molecule is O=C(O)CC1COCCN1CC(O)c1ccccc1. The lowest BCUT2D eigenvalue weighted by atomic mass is 10.1. The monoisotopic (exact) mass is 265 g/mol. The van der Waals surface area contributed by atoms with Crippen molar-refractivity contribution in [3.05, 3.63) is 35.9 Å². The Balaban J connectivity index is 1.97. The Labute approximate surface area is 112 Å². The van der Waals surface area contributed by atoms with Crippen molar-refractivity contribution in [1.29, 1.82) is 0 Å². The number of ether oxygens (including phenoxy) is 1. The van der Waals surface area contributed by atoms with E-state index in [1.165, 1.54) is 0 Å². The van der Waals surface area contributed by atoms with Gasteiger partial charge in [0.2, 0.25) is 0 Å². The summed E-state index contributed by atoms with van der Waals surface area (Å²) < 4.78 is 5.31. The molecule has 1 heterocycles. The molecule has 0 aromatic heterocycles. The van der Waals surface area contributed by atoms with Gasteiger partial charge in [-0.25, -0.2) is 0 Å². The lowest BCUT2D eigenvalue weighted by molar-refractivity contribution is -0.140. The van der Waals surface area contributed by atoms with E-state index in [1.807, 2.05) is 35.2 Å². The predicted octanol–water partition coefficient (Wildman–Crippen LogP) is 0.895. The first-order valence-corrected chi connectivity index (χ1v) is 6.43. The summed E-state index contributed by atoms with van der Waals surface area (Å²) in [5.41, 5.74) is 0.850. The standard InChI is InChI=1S/C14H19NO4/c16-13(11-4-2-1-3-5-11)9-15-6-7-19-10-12(15)8-14(17)18/h1-5,12-13,16H,6-10H2,(H,17,18). The third kappa shape index (κ3) is 4.02. The van der Waals surface area contributed by atoms with Gasteiger partial charge in [-0.15, -0.1) is 0 Å². The molecule has 1 aromatic carbocycles. The fourth-order valence-electron chi connectivity index (χ4n) is 2.32. The van der Waals surface area contributed by atoms with Crippen LogP contribution in [0.5, 0.6) is 0 Å². The molecule has 1 aliphatic heterocycles. The first-order chi connectivity index (χ1) is 9.16. The van der Waals surface area contributed by atoms with Crippen LogP contribution in [0.25, 0.3) is 0 Å². The average Bonchev–Trinajstić information content (AvgIpc) is 2.41. The van der Waals surface area contributed by atoms with E-state index in [2.05, 4.69) is 0 Å². The number of hydrogen-bond acceptors (Lipinski definition) is 4. The molecule has 0 amide bonds. The topological polar surface area (TPSA) is 70.0 Å². The van der Waals surface area contributed by atoms with Gasteiger partial charge >= 0.3 is 5.97 Å². The van der Waals surface area contributed by atoms with Crippen molar-refractivity contribution in [2.45, 2.75) is 18.6 Å². The van der Waals surface area contributed by atoms with Gasteiger partial charge in [0.25, 0.3) is 0 Å². The number of aliphatic hydroxyl groups excluding tert-OH is 1. The molecular weight excluding hydrogens is 246 g/mol. The summed E-state index contributed by atoms with van der Waals surface area (Å²) in [4.78, 5) is 12.8. The van der Waals surface area contributed by atoms with Gasteiger partial charge in [0.15, 0.2) is 0 Å². The van der Waals surface area contributed by atoms with Gasteiger partial charge < -0.3 is 14.9 Å². The second kappa shape index (κ2) is 6.65. The Morgan fingerprint density at radius 3 is 2.84 bits per heavy atom. The summed E-state index contributed by atoms with van der Waals surface area (Å²) in [5.74, 6) is -0.838. The number of carbonyl (C=O) groups is 1. The maximum atomic E-state index is 10.8. The molecule has 2 N–H and O–H groups in total. The van der Waals surface area contributed by atoms with Gasteiger partial charge in [0.05, 0.1) is 25.7 Å². The number of aliphatic carboxylic acids is 1. The number of carboxylic acid groups (broad SMARTS) is 1. The average molecular weight is 265 g/mol. The Bertz CT molecular complexity index is 409. The molecular formula is C14H19NO4. The number of morpholine rings is 1. The van der Waals surface area contributed by atoms with E-state index in [4.69, 9.17) is 9.84 Å². The molecule has 1 aliphatic rings. The molecule has 2 atom stereocenters. The zero-order valence-corrected chi connectivity index (χ0v) is 10.7. The molecule has 1 aromatic rings. The van der Waals surface area contributed by atoms with E-state index in [9.17, 15) is 9.90 Å². The van der Waals surface area contributed by atoms with Crippen LogP contribution >= 0.6 is 0 Å². The van der Waals surface area contributed by atoms with Crippen molar-refractivity contribution in [2.24, 2.45) is 0 Å². The van der Waals surface area contributed by atoms with Crippen molar-refractivity contribution in [3.63, 3.8) is 0 Å². The van der Waals surface area contributed by atoms with Crippen LogP contribution in [0.4, 0.5) is 0 Å². The van der Waals surface area contributed by atoms with E-state index in [-0.39, 0.29) is 12.5 Å². The summed E-state index contributed by atoms with van der Waals surface area (Å²) in [6.45, 7) is 2.08. The van der Waals surface area contributed by atoms with Crippen LogP contribution in [0.2, 0.25) is 0 Å². The summed E-state index contributed by atoms with van der Waals surface area (Å²) in [6.07, 6.45) is -0.558. The summed E-state index contributed by atoms with van der Waals surface area (Å²) in [6, 6.07) is 9.25. The van der Waals surface area contributed by atoms with E-state index in [0.29, 0.717) is 26.3 Å². The Morgan fingerprint density at radius 2 is 2.16 bits per heavy atom. The van der Waals surface area contributed by atoms with Crippen LogP contribution in [0.15, 0.2) is 30.3 Å². The first-order valence-electron chi connectivity index (χ1n) is 6.43. The summed E-state index contributed by atoms with van der Waals surface area (Å²) in [7, 11) is 0. The fraction of sp³-hybridized carbons (Fsp3) is 0.500. The van der Waals surface area contributed by atoms with Crippen LogP contribution in [-0.2, 0) is 9.53 Å². The number of hydrogen-bond donors (Lipinski definition) is 2. The first kappa shape index (κ1) is 14.0. The van der Waals surface area contributed by atoms with Gasteiger partial charge in [0, 0.05) is 19.1 Å². The molecule has 5 heteroatoms. The number of benzene rings is 1. The van der Waals surface area contributed by atoms with Crippen LogP contribution in [0, 0.1) is 0 Å². The van der Waals surface area contributed by atoms with E-state index < -0.39 is 12.1 Å². The summed E-state index contributed by atoms with van der Waals surface area (Å²) in [5, 5.41) is 19.1. The van der Waals surface area contributed by atoms with E-state index in [1.54, 1.807) is 0 Å². The predicted molar refractivity (Wildman–Crippen MR) is 69.8 cm³/mol. The van der Waals surface area contributed by atoms with Crippen molar-refractivity contribution in [2.75, 3.05) is 26.3 Å². The van der Waals surface area contributed by atoms with E-state index >= 15 is 0 Å². The highest BCUT2D eigenvalue weighted by atomic mass is 16.5. The second-order valence-corrected chi connectivity index (χ2v) is 4.75. The fourth-order valence-corrected chi connectivity index (χ4v) is 2.32. The molecule has 0 aliphatic carbocycles. The smallest absolute Gasteiger partial charge is 0.305 e. The zero-order valence-electron chi connectivity index (χ0n) is 10.7. The molecule has 1 saturated heterocycles. The second-order valence-electron chi connectivity index (χ2n) is 4.75. The molecule has 0 radical (unpaired) electrons. The number of nitrogens with zero attached hydrogens (tertiary/aromatic N) is 1. The van der Waals surface area contributed by atoms with Gasteiger partial charge in [-0.1, -0.05) is 30.3 Å². The lowest BCUT2D eigenvalue weighted by Crippen LogP contribution is -2.48. The van der Waals surface area contributed by atoms with Gasteiger partial charge in [-0.2, -0.15) is 0 Å². The zero-order chi connectivity index (χ0) is 13.7. The highest BCUT2D eigenvalue weighted by Gasteiger charge is 2.27. The van der Waals surface area contributed by atoms with E-state index in [0.717, 1.165) is 5.56 Å². The molecule has 104 valence electrons. The third-order valence-corrected chi connectivity index (χ3v) is 3.35. The van der Waals surface area contributed by atoms with Gasteiger partial charge in [0.1, 0.15) is 0 Å². The third-order valence-electron chi connectivity index (χ3n) is 3.35. The molecule has 2 rings (SSSR count). The molecule has 0 bridgehead atoms. The lowest BCUT2D eigenvalue weighted by Gasteiger charge is -2.36.